The highest BCUT2D eigenvalue weighted by molar-refractivity contribution is 5.74. The maximum absolute atomic E-state index is 12.4. The van der Waals surface area contributed by atoms with Gasteiger partial charge in [0.25, 0.3) is 0 Å². The average molecular weight is 383 g/mol. The van der Waals surface area contributed by atoms with Gasteiger partial charge in [-0.15, -0.1) is 0 Å². The van der Waals surface area contributed by atoms with Crippen molar-refractivity contribution in [3.8, 4) is 23.0 Å². The monoisotopic (exact) mass is 383 g/mol. The van der Waals surface area contributed by atoms with Gasteiger partial charge in [0, 0.05) is 6.20 Å². The molecule has 7 heteroatoms. The Labute approximate surface area is 163 Å². The molecule has 4 rings (SSSR count). The number of methoxy groups -OCH3 is 3. The minimum Gasteiger partial charge on any atom is -0.493 e. The summed E-state index contributed by atoms with van der Waals surface area (Å²) in [5, 5.41) is 0. The number of ether oxygens (including phenoxy) is 5. The number of fused-ring (bicyclic) bond motifs is 2. The van der Waals surface area contributed by atoms with Gasteiger partial charge in [-0.25, -0.2) is 4.79 Å². The fraction of sp³-hybridized carbons (Fsp3) is 0.286. The third-order valence-corrected chi connectivity index (χ3v) is 4.95. The number of nitrogens with zero attached hydrogens (tertiary/aromatic N) is 1. The summed E-state index contributed by atoms with van der Waals surface area (Å²) in [6.45, 7) is 0.221. The van der Waals surface area contributed by atoms with Crippen molar-refractivity contribution < 1.29 is 28.5 Å². The third kappa shape index (κ3) is 3.09. The Bertz CT molecular complexity index is 939. The zero-order chi connectivity index (χ0) is 19.7. The topological polar surface area (TPSA) is 66.5 Å². The fourth-order valence-corrected chi connectivity index (χ4v) is 3.55. The number of benzene rings is 2. The molecule has 2 aromatic carbocycles. The van der Waals surface area contributed by atoms with E-state index in [0.717, 1.165) is 22.4 Å². The van der Waals surface area contributed by atoms with Crippen LogP contribution in [0.25, 0.3) is 6.08 Å². The Morgan fingerprint density at radius 1 is 1.07 bits per heavy atom. The number of carbonyl (C=O) groups excluding carboxylic acids is 1. The van der Waals surface area contributed by atoms with E-state index in [9.17, 15) is 4.79 Å². The standard InChI is InChI=1S/C21H21NO6/c1-24-18-10-14-6-7-22(21(23)26-3)16(15(14)11-19(18)25-2)8-13-4-5-17-20(9-13)28-12-27-17/h4-7,9-11,16H,8,12H2,1-3H3. The van der Waals surface area contributed by atoms with Crippen molar-refractivity contribution in [3.05, 3.63) is 53.2 Å². The molecule has 0 radical (unpaired) electrons. The van der Waals surface area contributed by atoms with Gasteiger partial charge in [0.2, 0.25) is 6.79 Å². The lowest BCUT2D eigenvalue weighted by atomic mass is 9.91. The van der Waals surface area contributed by atoms with Gasteiger partial charge >= 0.3 is 6.09 Å². The molecule has 2 heterocycles. The second kappa shape index (κ2) is 7.34. The average Bonchev–Trinajstić information content (AvgIpc) is 3.20. The lowest BCUT2D eigenvalue weighted by Crippen LogP contribution is -2.33. The molecule has 2 aliphatic rings. The predicted octanol–water partition coefficient (Wildman–Crippen LogP) is 3.77. The zero-order valence-electron chi connectivity index (χ0n) is 15.9. The van der Waals surface area contributed by atoms with E-state index in [0.29, 0.717) is 23.7 Å². The number of hydrogen-bond acceptors (Lipinski definition) is 6. The van der Waals surface area contributed by atoms with Gasteiger partial charge < -0.3 is 23.7 Å². The third-order valence-electron chi connectivity index (χ3n) is 4.95. The highest BCUT2D eigenvalue weighted by Crippen LogP contribution is 2.41. The van der Waals surface area contributed by atoms with Gasteiger partial charge in [-0.2, -0.15) is 0 Å². The largest absolute Gasteiger partial charge is 0.493 e. The van der Waals surface area contributed by atoms with E-state index in [1.807, 2.05) is 36.4 Å². The van der Waals surface area contributed by atoms with Gasteiger partial charge in [-0.3, -0.25) is 4.90 Å². The Balaban J connectivity index is 1.75. The van der Waals surface area contributed by atoms with Gasteiger partial charge in [-0.1, -0.05) is 6.07 Å². The van der Waals surface area contributed by atoms with Crippen LogP contribution < -0.4 is 18.9 Å². The summed E-state index contributed by atoms with van der Waals surface area (Å²) < 4.78 is 26.7. The number of carbonyl (C=O) groups is 1. The maximum atomic E-state index is 12.4. The Morgan fingerprint density at radius 2 is 1.82 bits per heavy atom. The quantitative estimate of drug-likeness (QED) is 0.801. The summed E-state index contributed by atoms with van der Waals surface area (Å²) in [6, 6.07) is 9.34. The summed E-state index contributed by atoms with van der Waals surface area (Å²) in [5.41, 5.74) is 2.92. The van der Waals surface area contributed by atoms with E-state index in [4.69, 9.17) is 23.7 Å². The predicted molar refractivity (Wildman–Crippen MR) is 102 cm³/mol. The highest BCUT2D eigenvalue weighted by atomic mass is 16.7. The SMILES string of the molecule is COC(=O)N1C=Cc2cc(OC)c(OC)cc2C1Cc1ccc2c(c1)OCO2. The van der Waals surface area contributed by atoms with E-state index >= 15 is 0 Å². The van der Waals surface area contributed by atoms with Crippen LogP contribution in [0.5, 0.6) is 23.0 Å². The van der Waals surface area contributed by atoms with Gasteiger partial charge in [0.05, 0.1) is 27.4 Å². The van der Waals surface area contributed by atoms with Crippen molar-refractivity contribution in [2.75, 3.05) is 28.1 Å². The van der Waals surface area contributed by atoms with Crippen LogP contribution in [-0.2, 0) is 11.2 Å². The van der Waals surface area contributed by atoms with Crippen LogP contribution in [0.1, 0.15) is 22.7 Å². The molecule has 0 spiro atoms. The van der Waals surface area contributed by atoms with Crippen molar-refractivity contribution in [1.82, 2.24) is 4.90 Å². The maximum Gasteiger partial charge on any atom is 0.414 e. The summed E-state index contributed by atoms with van der Waals surface area (Å²) in [7, 11) is 4.56. The summed E-state index contributed by atoms with van der Waals surface area (Å²) >= 11 is 0. The molecule has 0 saturated carbocycles. The summed E-state index contributed by atoms with van der Waals surface area (Å²) in [5.74, 6) is 2.68. The molecule has 7 nitrogen and oxygen atoms in total. The Morgan fingerprint density at radius 3 is 2.57 bits per heavy atom. The minimum atomic E-state index is -0.428. The van der Waals surface area contributed by atoms with E-state index < -0.39 is 6.09 Å². The zero-order valence-corrected chi connectivity index (χ0v) is 15.9. The lowest BCUT2D eigenvalue weighted by Gasteiger charge is -2.33. The molecule has 1 atom stereocenters. The molecule has 146 valence electrons. The first-order valence-corrected chi connectivity index (χ1v) is 8.83. The molecule has 0 aromatic heterocycles. The normalized spacial score (nSPS) is 16.5. The number of amides is 1. The molecule has 0 N–H and O–H groups in total. The molecular weight excluding hydrogens is 362 g/mol. The van der Waals surface area contributed by atoms with E-state index in [1.165, 1.54) is 7.11 Å². The first-order valence-electron chi connectivity index (χ1n) is 8.83. The molecule has 1 unspecified atom stereocenters. The molecule has 0 fully saturated rings. The molecule has 2 aliphatic heterocycles. The lowest BCUT2D eigenvalue weighted by molar-refractivity contribution is 0.125. The van der Waals surface area contributed by atoms with Crippen LogP contribution >= 0.6 is 0 Å². The molecular formula is C21H21NO6. The van der Waals surface area contributed by atoms with Crippen molar-refractivity contribution >= 4 is 12.2 Å². The van der Waals surface area contributed by atoms with Crippen molar-refractivity contribution in [1.29, 1.82) is 0 Å². The minimum absolute atomic E-state index is 0.221. The molecule has 28 heavy (non-hydrogen) atoms. The van der Waals surface area contributed by atoms with Crippen LogP contribution in [-0.4, -0.2) is 39.1 Å². The molecule has 2 aromatic rings. The number of rotatable bonds is 4. The van der Waals surface area contributed by atoms with Crippen LogP contribution in [0.2, 0.25) is 0 Å². The smallest absolute Gasteiger partial charge is 0.414 e. The summed E-state index contributed by atoms with van der Waals surface area (Å²) in [4.78, 5) is 14.0. The van der Waals surface area contributed by atoms with Crippen LogP contribution in [0.3, 0.4) is 0 Å². The highest BCUT2D eigenvalue weighted by Gasteiger charge is 2.31. The van der Waals surface area contributed by atoms with Gasteiger partial charge in [0.1, 0.15) is 0 Å². The molecule has 0 aliphatic carbocycles. The van der Waals surface area contributed by atoms with Crippen molar-refractivity contribution in [2.24, 2.45) is 0 Å². The van der Waals surface area contributed by atoms with Gasteiger partial charge in [0.15, 0.2) is 23.0 Å². The Kier molecular flexibility index (Phi) is 4.73. The second-order valence-electron chi connectivity index (χ2n) is 6.44. The first-order chi connectivity index (χ1) is 13.6. The van der Waals surface area contributed by atoms with Crippen molar-refractivity contribution in [2.45, 2.75) is 12.5 Å². The second-order valence-corrected chi connectivity index (χ2v) is 6.44. The molecule has 0 saturated heterocycles. The van der Waals surface area contributed by atoms with Crippen molar-refractivity contribution in [3.63, 3.8) is 0 Å². The molecule has 0 bridgehead atoms. The van der Waals surface area contributed by atoms with Crippen LogP contribution in [0.4, 0.5) is 4.79 Å². The van der Waals surface area contributed by atoms with E-state index in [-0.39, 0.29) is 12.8 Å². The van der Waals surface area contributed by atoms with Crippen LogP contribution in [0.15, 0.2) is 36.5 Å². The van der Waals surface area contributed by atoms with Gasteiger partial charge in [-0.05, 0) is 53.5 Å². The Hall–Kier alpha value is -3.35. The first kappa shape index (κ1) is 18.0. The van der Waals surface area contributed by atoms with Crippen LogP contribution in [0, 0.1) is 0 Å². The summed E-state index contributed by atoms with van der Waals surface area (Å²) in [6.07, 6.45) is 3.74. The molecule has 1 amide bonds. The number of hydrogen-bond donors (Lipinski definition) is 0. The fourth-order valence-electron chi connectivity index (χ4n) is 3.55. The van der Waals surface area contributed by atoms with E-state index in [2.05, 4.69) is 0 Å². The van der Waals surface area contributed by atoms with E-state index in [1.54, 1.807) is 25.3 Å².